The number of ether oxygens (including phenoxy) is 1. The van der Waals surface area contributed by atoms with Crippen molar-refractivity contribution in [1.82, 2.24) is 15.0 Å². The van der Waals surface area contributed by atoms with Gasteiger partial charge in [-0.15, -0.1) is 11.3 Å². The van der Waals surface area contributed by atoms with E-state index in [1.54, 1.807) is 31.3 Å². The average molecular weight is 465 g/mol. The van der Waals surface area contributed by atoms with Crippen LogP contribution in [0.15, 0.2) is 46.3 Å². The molecule has 3 rings (SSSR count). The molecule has 0 saturated heterocycles. The standard InChI is InChI=1S/C20H24N4O5S2/c1-23(14-18-21-20(22-29-18)17-9-6-12-30-17)19(25)10-5-11-24(31(3,26)27)15-7-4-8-16(13-15)28-2/h4,6-9,12-13H,5,10-11,14H2,1-3H3. The number of benzene rings is 1. The van der Waals surface area contributed by atoms with Gasteiger partial charge in [-0.3, -0.25) is 9.10 Å². The minimum atomic E-state index is -3.51. The van der Waals surface area contributed by atoms with E-state index in [4.69, 9.17) is 9.26 Å². The first-order valence-corrected chi connectivity index (χ1v) is 12.2. The van der Waals surface area contributed by atoms with Crippen LogP contribution in [-0.2, 0) is 21.4 Å². The molecule has 0 unspecified atom stereocenters. The van der Waals surface area contributed by atoms with Crippen molar-refractivity contribution in [2.45, 2.75) is 19.4 Å². The monoisotopic (exact) mass is 464 g/mol. The minimum absolute atomic E-state index is 0.144. The first-order valence-electron chi connectivity index (χ1n) is 9.50. The van der Waals surface area contributed by atoms with E-state index in [0.717, 1.165) is 11.1 Å². The second kappa shape index (κ2) is 9.92. The van der Waals surface area contributed by atoms with E-state index < -0.39 is 10.0 Å². The number of hydrogen-bond acceptors (Lipinski definition) is 8. The minimum Gasteiger partial charge on any atom is -0.497 e. The molecule has 0 saturated carbocycles. The van der Waals surface area contributed by atoms with E-state index in [-0.39, 0.29) is 25.4 Å². The van der Waals surface area contributed by atoms with Crippen LogP contribution in [0.25, 0.3) is 10.7 Å². The molecule has 11 heteroatoms. The predicted octanol–water partition coefficient (Wildman–Crippen LogP) is 3.01. The van der Waals surface area contributed by atoms with Crippen molar-refractivity contribution in [2.24, 2.45) is 0 Å². The molecule has 166 valence electrons. The third-order valence-electron chi connectivity index (χ3n) is 4.50. The van der Waals surface area contributed by atoms with Crippen LogP contribution in [0.2, 0.25) is 0 Å². The van der Waals surface area contributed by atoms with Gasteiger partial charge in [0, 0.05) is 26.1 Å². The molecular weight excluding hydrogens is 440 g/mol. The van der Waals surface area contributed by atoms with Crippen LogP contribution in [0, 0.1) is 0 Å². The summed E-state index contributed by atoms with van der Waals surface area (Å²) in [6.07, 6.45) is 1.68. The molecule has 0 atom stereocenters. The van der Waals surface area contributed by atoms with Crippen LogP contribution in [0.5, 0.6) is 5.75 Å². The van der Waals surface area contributed by atoms with E-state index in [1.165, 1.54) is 27.7 Å². The molecule has 2 heterocycles. The highest BCUT2D eigenvalue weighted by molar-refractivity contribution is 7.92. The van der Waals surface area contributed by atoms with Crippen LogP contribution >= 0.6 is 11.3 Å². The summed E-state index contributed by atoms with van der Waals surface area (Å²) in [5.74, 6) is 1.25. The Labute approximate surface area is 185 Å². The molecule has 0 N–H and O–H groups in total. The Bertz CT molecular complexity index is 1110. The van der Waals surface area contributed by atoms with E-state index in [1.807, 2.05) is 17.5 Å². The van der Waals surface area contributed by atoms with Gasteiger partial charge in [-0.25, -0.2) is 8.42 Å². The average Bonchev–Trinajstić information content (AvgIpc) is 3.42. The van der Waals surface area contributed by atoms with Gasteiger partial charge < -0.3 is 14.2 Å². The molecule has 0 spiro atoms. The maximum absolute atomic E-state index is 12.5. The fraction of sp³-hybridized carbons (Fsp3) is 0.350. The quantitative estimate of drug-likeness (QED) is 0.454. The topological polar surface area (TPSA) is 106 Å². The van der Waals surface area contributed by atoms with Crippen LogP contribution in [-0.4, -0.2) is 56.3 Å². The Morgan fingerprint density at radius 1 is 1.26 bits per heavy atom. The van der Waals surface area contributed by atoms with Crippen molar-refractivity contribution < 1.29 is 22.5 Å². The molecule has 9 nitrogen and oxygen atoms in total. The zero-order valence-corrected chi connectivity index (χ0v) is 19.1. The highest BCUT2D eigenvalue weighted by Crippen LogP contribution is 2.24. The number of anilines is 1. The Hall–Kier alpha value is -2.92. The number of carbonyl (C=O) groups excluding carboxylic acids is 1. The van der Waals surface area contributed by atoms with Crippen molar-refractivity contribution in [3.8, 4) is 16.5 Å². The summed E-state index contributed by atoms with van der Waals surface area (Å²) in [5, 5.41) is 5.86. The van der Waals surface area contributed by atoms with Crippen molar-refractivity contribution in [3.63, 3.8) is 0 Å². The van der Waals surface area contributed by atoms with Gasteiger partial charge in [-0.2, -0.15) is 4.98 Å². The lowest BCUT2D eigenvalue weighted by atomic mass is 10.2. The highest BCUT2D eigenvalue weighted by atomic mass is 32.2. The SMILES string of the molecule is COc1cccc(N(CCCC(=O)N(C)Cc2nc(-c3cccs3)no2)S(C)(=O)=O)c1. The molecule has 1 aromatic carbocycles. The van der Waals surface area contributed by atoms with E-state index in [9.17, 15) is 13.2 Å². The molecular formula is C20H24N4O5S2. The van der Waals surface area contributed by atoms with Crippen LogP contribution in [0.1, 0.15) is 18.7 Å². The molecule has 31 heavy (non-hydrogen) atoms. The van der Waals surface area contributed by atoms with Gasteiger partial charge in [0.25, 0.3) is 0 Å². The second-order valence-electron chi connectivity index (χ2n) is 6.88. The van der Waals surface area contributed by atoms with Gasteiger partial charge in [-0.05, 0) is 30.0 Å². The van der Waals surface area contributed by atoms with Gasteiger partial charge in [0.15, 0.2) is 0 Å². The predicted molar refractivity (Wildman–Crippen MR) is 119 cm³/mol. The highest BCUT2D eigenvalue weighted by Gasteiger charge is 2.20. The summed E-state index contributed by atoms with van der Waals surface area (Å²) in [7, 11) is -0.342. The Kier molecular flexibility index (Phi) is 7.29. The van der Waals surface area contributed by atoms with Gasteiger partial charge >= 0.3 is 0 Å². The largest absolute Gasteiger partial charge is 0.497 e. The number of aromatic nitrogens is 2. The van der Waals surface area contributed by atoms with Crippen LogP contribution < -0.4 is 9.04 Å². The van der Waals surface area contributed by atoms with Gasteiger partial charge in [0.1, 0.15) is 5.75 Å². The van der Waals surface area contributed by atoms with E-state index >= 15 is 0 Å². The molecule has 0 bridgehead atoms. The summed E-state index contributed by atoms with van der Waals surface area (Å²) in [6, 6.07) is 10.6. The number of methoxy groups -OCH3 is 1. The number of hydrogen-bond donors (Lipinski definition) is 0. The van der Waals surface area contributed by atoms with Crippen molar-refractivity contribution >= 4 is 33.0 Å². The van der Waals surface area contributed by atoms with Crippen molar-refractivity contribution in [1.29, 1.82) is 0 Å². The van der Waals surface area contributed by atoms with Crippen LogP contribution in [0.3, 0.4) is 0 Å². The van der Waals surface area contributed by atoms with Gasteiger partial charge in [-0.1, -0.05) is 17.3 Å². The van der Waals surface area contributed by atoms with Gasteiger partial charge in [0.05, 0.1) is 30.5 Å². The van der Waals surface area contributed by atoms with E-state index in [0.29, 0.717) is 29.6 Å². The Balaban J connectivity index is 1.56. The summed E-state index contributed by atoms with van der Waals surface area (Å²) in [6.45, 7) is 0.359. The maximum atomic E-state index is 12.5. The Morgan fingerprint density at radius 2 is 2.06 bits per heavy atom. The first-order chi connectivity index (χ1) is 14.8. The number of thiophene rings is 1. The third kappa shape index (κ3) is 6.05. The lowest BCUT2D eigenvalue weighted by molar-refractivity contribution is -0.130. The van der Waals surface area contributed by atoms with Crippen molar-refractivity contribution in [3.05, 3.63) is 47.7 Å². The maximum Gasteiger partial charge on any atom is 0.246 e. The summed E-state index contributed by atoms with van der Waals surface area (Å²) in [4.78, 5) is 19.2. The summed E-state index contributed by atoms with van der Waals surface area (Å²) >= 11 is 1.50. The van der Waals surface area contributed by atoms with Crippen LogP contribution in [0.4, 0.5) is 5.69 Å². The molecule has 0 aliphatic carbocycles. The normalized spacial score (nSPS) is 11.3. The summed E-state index contributed by atoms with van der Waals surface area (Å²) in [5.41, 5.74) is 0.495. The lowest BCUT2D eigenvalue weighted by Gasteiger charge is -2.23. The first kappa shape index (κ1) is 22.8. The zero-order chi connectivity index (χ0) is 22.4. The van der Waals surface area contributed by atoms with Gasteiger partial charge in [0.2, 0.25) is 27.6 Å². The number of nitrogens with zero attached hydrogens (tertiary/aromatic N) is 4. The molecule has 0 aliphatic rings. The Morgan fingerprint density at radius 3 is 2.74 bits per heavy atom. The number of rotatable bonds is 10. The zero-order valence-electron chi connectivity index (χ0n) is 17.5. The molecule has 0 fully saturated rings. The third-order valence-corrected chi connectivity index (χ3v) is 6.56. The molecule has 2 aromatic heterocycles. The fourth-order valence-corrected chi connectivity index (χ4v) is 4.54. The van der Waals surface area contributed by atoms with E-state index in [2.05, 4.69) is 10.1 Å². The fourth-order valence-electron chi connectivity index (χ4n) is 2.93. The number of carbonyl (C=O) groups is 1. The molecule has 0 radical (unpaired) electrons. The molecule has 0 aliphatic heterocycles. The molecule has 1 amide bonds. The lowest BCUT2D eigenvalue weighted by Crippen LogP contribution is -2.32. The number of sulfonamides is 1. The summed E-state index contributed by atoms with van der Waals surface area (Å²) < 4.78 is 36.2. The number of amides is 1. The smallest absolute Gasteiger partial charge is 0.246 e. The van der Waals surface area contributed by atoms with Crippen molar-refractivity contribution in [2.75, 3.05) is 31.3 Å². The second-order valence-corrected chi connectivity index (χ2v) is 9.73. The molecule has 3 aromatic rings.